The molecular formula is C18H34N2. The summed E-state index contributed by atoms with van der Waals surface area (Å²) in [7, 11) is 0. The molecule has 0 aromatic carbocycles. The lowest BCUT2D eigenvalue weighted by atomic mass is 9.83. The minimum absolute atomic E-state index is 0.354. The van der Waals surface area contributed by atoms with Crippen LogP contribution >= 0.6 is 0 Å². The van der Waals surface area contributed by atoms with Crippen molar-refractivity contribution in [2.75, 3.05) is 19.6 Å². The maximum absolute atomic E-state index is 3.80. The molecule has 1 aliphatic heterocycles. The van der Waals surface area contributed by atoms with Crippen LogP contribution in [-0.4, -0.2) is 36.6 Å². The minimum atomic E-state index is 0.354. The van der Waals surface area contributed by atoms with Gasteiger partial charge >= 0.3 is 0 Å². The molecule has 0 aromatic heterocycles. The SMILES string of the molecule is CC(C)C1CNC(C(C)(C)C)CN1CC1CC=CCC1. The van der Waals surface area contributed by atoms with Gasteiger partial charge in [0, 0.05) is 31.7 Å². The Morgan fingerprint density at radius 1 is 1.25 bits per heavy atom. The molecule has 3 atom stereocenters. The molecule has 2 aliphatic rings. The molecule has 0 spiro atoms. The molecule has 0 saturated carbocycles. The molecule has 1 aliphatic carbocycles. The number of hydrogen-bond donors (Lipinski definition) is 1. The molecule has 2 rings (SSSR count). The van der Waals surface area contributed by atoms with Crippen LogP contribution in [0, 0.1) is 17.3 Å². The van der Waals surface area contributed by atoms with Crippen LogP contribution in [0.5, 0.6) is 0 Å². The van der Waals surface area contributed by atoms with E-state index >= 15 is 0 Å². The Labute approximate surface area is 126 Å². The highest BCUT2D eigenvalue weighted by Crippen LogP contribution is 2.28. The number of nitrogens with zero attached hydrogens (tertiary/aromatic N) is 1. The van der Waals surface area contributed by atoms with Gasteiger partial charge in [-0.3, -0.25) is 4.90 Å². The first-order valence-electron chi connectivity index (χ1n) is 8.50. The molecule has 1 heterocycles. The van der Waals surface area contributed by atoms with Gasteiger partial charge in [-0.1, -0.05) is 46.8 Å². The van der Waals surface area contributed by atoms with Crippen LogP contribution in [0.1, 0.15) is 53.9 Å². The van der Waals surface area contributed by atoms with Crippen LogP contribution < -0.4 is 5.32 Å². The van der Waals surface area contributed by atoms with Gasteiger partial charge in [0.2, 0.25) is 0 Å². The fraction of sp³-hybridized carbons (Fsp3) is 0.889. The van der Waals surface area contributed by atoms with E-state index in [9.17, 15) is 0 Å². The summed E-state index contributed by atoms with van der Waals surface area (Å²) < 4.78 is 0. The van der Waals surface area contributed by atoms with Gasteiger partial charge in [-0.25, -0.2) is 0 Å². The highest BCUT2D eigenvalue weighted by atomic mass is 15.2. The van der Waals surface area contributed by atoms with E-state index in [1.807, 2.05) is 0 Å². The van der Waals surface area contributed by atoms with E-state index in [1.165, 1.54) is 32.4 Å². The second kappa shape index (κ2) is 6.62. The maximum Gasteiger partial charge on any atom is 0.0244 e. The van der Waals surface area contributed by atoms with E-state index in [1.54, 1.807) is 0 Å². The van der Waals surface area contributed by atoms with Crippen molar-refractivity contribution in [3.63, 3.8) is 0 Å². The van der Waals surface area contributed by atoms with Crippen LogP contribution in [0.4, 0.5) is 0 Å². The van der Waals surface area contributed by atoms with Crippen molar-refractivity contribution in [3.8, 4) is 0 Å². The topological polar surface area (TPSA) is 15.3 Å². The molecule has 2 nitrogen and oxygen atoms in total. The predicted molar refractivity (Wildman–Crippen MR) is 87.9 cm³/mol. The molecule has 0 radical (unpaired) electrons. The molecule has 1 N–H and O–H groups in total. The van der Waals surface area contributed by atoms with Crippen LogP contribution in [0.2, 0.25) is 0 Å². The summed E-state index contributed by atoms with van der Waals surface area (Å²) >= 11 is 0. The first-order chi connectivity index (χ1) is 9.38. The quantitative estimate of drug-likeness (QED) is 0.792. The van der Waals surface area contributed by atoms with E-state index < -0.39 is 0 Å². The van der Waals surface area contributed by atoms with E-state index in [0.29, 0.717) is 17.5 Å². The molecular weight excluding hydrogens is 244 g/mol. The Kier molecular flexibility index (Phi) is 5.30. The van der Waals surface area contributed by atoms with Crippen molar-refractivity contribution in [2.45, 2.75) is 66.0 Å². The third-order valence-corrected chi connectivity index (χ3v) is 5.14. The Hall–Kier alpha value is -0.340. The third-order valence-electron chi connectivity index (χ3n) is 5.14. The predicted octanol–water partition coefficient (Wildman–Crippen LogP) is 3.69. The van der Waals surface area contributed by atoms with Crippen LogP contribution in [0.25, 0.3) is 0 Å². The lowest BCUT2D eigenvalue weighted by molar-refractivity contribution is 0.0494. The molecule has 116 valence electrons. The minimum Gasteiger partial charge on any atom is -0.311 e. The van der Waals surface area contributed by atoms with Gasteiger partial charge in [-0.2, -0.15) is 0 Å². The standard InChI is InChI=1S/C18H34N2/c1-14(2)16-11-19-17(18(3,4)5)13-20(16)12-15-9-7-6-8-10-15/h6-7,14-17,19H,8-13H2,1-5H3. The van der Waals surface area contributed by atoms with Gasteiger partial charge in [-0.05, 0) is 36.5 Å². The first-order valence-corrected chi connectivity index (χ1v) is 8.50. The molecule has 0 amide bonds. The molecule has 0 aromatic rings. The van der Waals surface area contributed by atoms with E-state index in [4.69, 9.17) is 0 Å². The van der Waals surface area contributed by atoms with Gasteiger partial charge < -0.3 is 5.32 Å². The fourth-order valence-electron chi connectivity index (χ4n) is 3.63. The zero-order chi connectivity index (χ0) is 14.8. The van der Waals surface area contributed by atoms with Crippen LogP contribution in [-0.2, 0) is 0 Å². The highest BCUT2D eigenvalue weighted by molar-refractivity contribution is 4.96. The normalized spacial score (nSPS) is 32.8. The smallest absolute Gasteiger partial charge is 0.0244 e. The van der Waals surface area contributed by atoms with Gasteiger partial charge in [0.15, 0.2) is 0 Å². The third kappa shape index (κ3) is 4.08. The Morgan fingerprint density at radius 3 is 2.55 bits per heavy atom. The summed E-state index contributed by atoms with van der Waals surface area (Å²) in [4.78, 5) is 2.79. The molecule has 3 unspecified atom stereocenters. The van der Waals surface area contributed by atoms with Crippen molar-refractivity contribution >= 4 is 0 Å². The summed E-state index contributed by atoms with van der Waals surface area (Å²) in [5.41, 5.74) is 0.354. The van der Waals surface area contributed by atoms with E-state index in [2.05, 4.69) is 57.0 Å². The Bertz CT molecular complexity index is 327. The van der Waals surface area contributed by atoms with Crippen molar-refractivity contribution < 1.29 is 0 Å². The van der Waals surface area contributed by atoms with Gasteiger partial charge in [0.25, 0.3) is 0 Å². The Morgan fingerprint density at radius 2 is 2.00 bits per heavy atom. The zero-order valence-electron chi connectivity index (χ0n) is 14.2. The van der Waals surface area contributed by atoms with Crippen molar-refractivity contribution in [2.24, 2.45) is 17.3 Å². The second-order valence-corrected chi connectivity index (χ2v) is 8.24. The highest BCUT2D eigenvalue weighted by Gasteiger charge is 2.35. The van der Waals surface area contributed by atoms with Crippen molar-refractivity contribution in [3.05, 3.63) is 12.2 Å². The number of nitrogens with one attached hydrogen (secondary N) is 1. The summed E-state index contributed by atoms with van der Waals surface area (Å²) in [5, 5.41) is 3.80. The lowest BCUT2D eigenvalue weighted by Gasteiger charge is -2.47. The lowest BCUT2D eigenvalue weighted by Crippen LogP contribution is -2.62. The van der Waals surface area contributed by atoms with E-state index in [0.717, 1.165) is 18.4 Å². The van der Waals surface area contributed by atoms with Gasteiger partial charge in [-0.15, -0.1) is 0 Å². The summed E-state index contributed by atoms with van der Waals surface area (Å²) in [6, 6.07) is 1.33. The van der Waals surface area contributed by atoms with Crippen molar-refractivity contribution in [1.29, 1.82) is 0 Å². The second-order valence-electron chi connectivity index (χ2n) is 8.24. The molecule has 2 heteroatoms. The van der Waals surface area contributed by atoms with E-state index in [-0.39, 0.29) is 0 Å². The summed E-state index contributed by atoms with van der Waals surface area (Å²) in [6.07, 6.45) is 8.69. The monoisotopic (exact) mass is 278 g/mol. The average Bonchev–Trinajstić information content (AvgIpc) is 2.38. The van der Waals surface area contributed by atoms with Crippen molar-refractivity contribution in [1.82, 2.24) is 10.2 Å². The largest absolute Gasteiger partial charge is 0.311 e. The average molecular weight is 278 g/mol. The first kappa shape index (κ1) is 16.0. The van der Waals surface area contributed by atoms with Gasteiger partial charge in [0.1, 0.15) is 0 Å². The fourth-order valence-corrected chi connectivity index (χ4v) is 3.63. The number of hydrogen-bond acceptors (Lipinski definition) is 2. The molecule has 1 fully saturated rings. The maximum atomic E-state index is 3.80. The number of allylic oxidation sites excluding steroid dienone is 2. The van der Waals surface area contributed by atoms with Crippen LogP contribution in [0.15, 0.2) is 12.2 Å². The molecule has 0 bridgehead atoms. The summed E-state index contributed by atoms with van der Waals surface area (Å²) in [6.45, 7) is 15.5. The zero-order valence-corrected chi connectivity index (χ0v) is 14.2. The molecule has 1 saturated heterocycles. The number of rotatable bonds is 3. The number of piperazine rings is 1. The molecule has 20 heavy (non-hydrogen) atoms. The van der Waals surface area contributed by atoms with Crippen LogP contribution in [0.3, 0.4) is 0 Å². The Balaban J connectivity index is 2.00. The summed E-state index contributed by atoms with van der Waals surface area (Å²) in [5.74, 6) is 1.61. The van der Waals surface area contributed by atoms with Gasteiger partial charge in [0.05, 0.1) is 0 Å².